The van der Waals surface area contributed by atoms with Crippen LogP contribution in [0, 0.1) is 0 Å². The summed E-state index contributed by atoms with van der Waals surface area (Å²) in [7, 11) is 1.12. The molecule has 0 aliphatic heterocycles. The molecule has 24 heavy (non-hydrogen) atoms. The summed E-state index contributed by atoms with van der Waals surface area (Å²) in [5.41, 5.74) is 11.4. The number of hydrogen-bond donors (Lipinski definition) is 2. The van der Waals surface area contributed by atoms with Gasteiger partial charge < -0.3 is 20.9 Å². The number of esters is 1. The van der Waals surface area contributed by atoms with Crippen molar-refractivity contribution >= 4 is 28.9 Å². The number of ether oxygens (including phenoxy) is 2. The van der Waals surface area contributed by atoms with Crippen molar-refractivity contribution in [1.29, 1.82) is 0 Å². The van der Waals surface area contributed by atoms with Gasteiger partial charge in [0.25, 0.3) is 0 Å². The second-order valence-electron chi connectivity index (χ2n) is 4.55. The topological polar surface area (TPSA) is 100 Å². The Balaban J connectivity index is 2.57. The Morgan fingerprint density at radius 2 is 1.88 bits per heavy atom. The van der Waals surface area contributed by atoms with Crippen LogP contribution in [0.4, 0.5) is 24.5 Å². The average molecular weight is 362 g/mol. The van der Waals surface area contributed by atoms with Gasteiger partial charge in [0.05, 0.1) is 23.5 Å². The summed E-state index contributed by atoms with van der Waals surface area (Å²) in [6.45, 7) is 0. The van der Waals surface area contributed by atoms with Gasteiger partial charge in [-0.15, -0.1) is 13.2 Å². The maximum Gasteiger partial charge on any atom is 0.573 e. The molecule has 0 bridgehead atoms. The SMILES string of the molecule is COC(=O)c1nc(-c2cc(OC(F)(F)F)ccc2N)cc(N)c1Cl. The number of nitrogens with zero attached hydrogens (tertiary/aromatic N) is 1. The molecule has 1 heterocycles. The van der Waals surface area contributed by atoms with Crippen molar-refractivity contribution in [2.24, 2.45) is 0 Å². The van der Waals surface area contributed by atoms with Crippen LogP contribution in [0.15, 0.2) is 24.3 Å². The minimum absolute atomic E-state index is 0.0105. The lowest BCUT2D eigenvalue weighted by atomic mass is 10.1. The van der Waals surface area contributed by atoms with E-state index in [-0.39, 0.29) is 33.3 Å². The maximum absolute atomic E-state index is 12.3. The zero-order valence-electron chi connectivity index (χ0n) is 12.1. The zero-order valence-corrected chi connectivity index (χ0v) is 12.9. The van der Waals surface area contributed by atoms with Crippen molar-refractivity contribution in [2.75, 3.05) is 18.6 Å². The summed E-state index contributed by atoms with van der Waals surface area (Å²) in [6.07, 6.45) is -4.86. The van der Waals surface area contributed by atoms with Crippen LogP contribution in [0.1, 0.15) is 10.5 Å². The van der Waals surface area contributed by atoms with Gasteiger partial charge in [0.1, 0.15) is 5.75 Å². The lowest BCUT2D eigenvalue weighted by Gasteiger charge is -2.13. The summed E-state index contributed by atoms with van der Waals surface area (Å²) in [5.74, 6) is -1.35. The highest BCUT2D eigenvalue weighted by Crippen LogP contribution is 2.34. The standard InChI is InChI=1S/C14H11ClF3N3O3/c1-23-13(22)12-11(15)9(20)5-10(21-12)7-4-6(2-3-8(7)19)24-14(16,17)18/h2-5H,19H2,1H3,(H2,20,21). The molecule has 6 nitrogen and oxygen atoms in total. The van der Waals surface area contributed by atoms with Gasteiger partial charge in [-0.3, -0.25) is 0 Å². The number of anilines is 2. The molecular formula is C14H11ClF3N3O3. The van der Waals surface area contributed by atoms with Gasteiger partial charge in [-0.25, -0.2) is 9.78 Å². The van der Waals surface area contributed by atoms with Gasteiger partial charge in [0, 0.05) is 11.3 Å². The molecule has 0 spiro atoms. The van der Waals surface area contributed by atoms with Crippen molar-refractivity contribution in [1.82, 2.24) is 4.98 Å². The summed E-state index contributed by atoms with van der Waals surface area (Å²) in [5, 5.41) is -0.133. The van der Waals surface area contributed by atoms with Crippen LogP contribution in [0.2, 0.25) is 5.02 Å². The van der Waals surface area contributed by atoms with Gasteiger partial charge in [-0.05, 0) is 24.3 Å². The highest BCUT2D eigenvalue weighted by molar-refractivity contribution is 6.35. The number of nitrogen functional groups attached to an aromatic ring is 2. The van der Waals surface area contributed by atoms with Gasteiger partial charge in [-0.2, -0.15) is 0 Å². The second kappa shape index (κ2) is 6.44. The molecule has 0 radical (unpaired) electrons. The molecule has 0 saturated carbocycles. The fraction of sp³-hybridized carbons (Fsp3) is 0.143. The summed E-state index contributed by atoms with van der Waals surface area (Å²) >= 11 is 5.89. The van der Waals surface area contributed by atoms with E-state index in [1.165, 1.54) is 12.1 Å². The van der Waals surface area contributed by atoms with E-state index in [4.69, 9.17) is 23.1 Å². The predicted octanol–water partition coefficient (Wildman–Crippen LogP) is 3.25. The van der Waals surface area contributed by atoms with Gasteiger partial charge >= 0.3 is 12.3 Å². The molecule has 0 unspecified atom stereocenters. The molecule has 0 fully saturated rings. The molecular weight excluding hydrogens is 351 g/mol. The van der Waals surface area contributed by atoms with Crippen molar-refractivity contribution < 1.29 is 27.4 Å². The normalized spacial score (nSPS) is 11.2. The monoisotopic (exact) mass is 361 g/mol. The first kappa shape index (κ1) is 17.7. The Hall–Kier alpha value is -2.68. The van der Waals surface area contributed by atoms with E-state index < -0.39 is 18.1 Å². The third-order valence-electron chi connectivity index (χ3n) is 2.90. The number of halogens is 4. The molecule has 0 amide bonds. The zero-order chi connectivity index (χ0) is 18.1. The number of carbonyl (C=O) groups excluding carboxylic acids is 1. The van der Waals surface area contributed by atoms with Crippen molar-refractivity contribution in [3.05, 3.63) is 35.0 Å². The molecule has 0 saturated heterocycles. The van der Waals surface area contributed by atoms with E-state index in [1.807, 2.05) is 0 Å². The fourth-order valence-corrected chi connectivity index (χ4v) is 2.05. The number of aromatic nitrogens is 1. The van der Waals surface area contributed by atoms with E-state index in [0.717, 1.165) is 19.2 Å². The van der Waals surface area contributed by atoms with Crippen LogP contribution < -0.4 is 16.2 Å². The molecule has 0 aliphatic carbocycles. The molecule has 2 aromatic rings. The Morgan fingerprint density at radius 1 is 1.21 bits per heavy atom. The number of carbonyl (C=O) groups is 1. The number of nitrogens with two attached hydrogens (primary N) is 2. The Kier molecular flexibility index (Phi) is 4.74. The number of methoxy groups -OCH3 is 1. The van der Waals surface area contributed by atoms with Crippen LogP contribution >= 0.6 is 11.6 Å². The number of benzene rings is 1. The van der Waals surface area contributed by atoms with E-state index in [1.54, 1.807) is 0 Å². The first-order valence-electron chi connectivity index (χ1n) is 6.32. The first-order valence-corrected chi connectivity index (χ1v) is 6.70. The highest BCUT2D eigenvalue weighted by Gasteiger charge is 2.31. The molecule has 0 aliphatic rings. The molecule has 128 valence electrons. The lowest BCUT2D eigenvalue weighted by molar-refractivity contribution is -0.274. The number of alkyl halides is 3. The third kappa shape index (κ3) is 3.80. The molecule has 0 atom stereocenters. The molecule has 1 aromatic carbocycles. The third-order valence-corrected chi connectivity index (χ3v) is 3.30. The predicted molar refractivity (Wildman–Crippen MR) is 81.5 cm³/mol. The van der Waals surface area contributed by atoms with Crippen LogP contribution in [0.25, 0.3) is 11.3 Å². The van der Waals surface area contributed by atoms with Crippen LogP contribution in [0.5, 0.6) is 5.75 Å². The van der Waals surface area contributed by atoms with Crippen LogP contribution in [-0.2, 0) is 4.74 Å². The van der Waals surface area contributed by atoms with Gasteiger partial charge in [0.2, 0.25) is 0 Å². The Labute approximate surface area is 139 Å². The van der Waals surface area contributed by atoms with E-state index in [9.17, 15) is 18.0 Å². The summed E-state index contributed by atoms with van der Waals surface area (Å²) in [4.78, 5) is 15.6. The number of rotatable bonds is 3. The van der Waals surface area contributed by atoms with E-state index >= 15 is 0 Å². The van der Waals surface area contributed by atoms with E-state index in [0.29, 0.717) is 0 Å². The van der Waals surface area contributed by atoms with Gasteiger partial charge in [-0.1, -0.05) is 11.6 Å². The second-order valence-corrected chi connectivity index (χ2v) is 4.93. The average Bonchev–Trinajstić information content (AvgIpc) is 2.49. The number of hydrogen-bond acceptors (Lipinski definition) is 6. The quantitative estimate of drug-likeness (QED) is 0.643. The minimum atomic E-state index is -4.86. The fourth-order valence-electron chi connectivity index (χ4n) is 1.87. The summed E-state index contributed by atoms with van der Waals surface area (Å²) in [6, 6.07) is 4.56. The van der Waals surface area contributed by atoms with Crippen molar-refractivity contribution in [3.8, 4) is 17.0 Å². The molecule has 2 rings (SSSR count). The van der Waals surface area contributed by atoms with Crippen molar-refractivity contribution in [3.63, 3.8) is 0 Å². The largest absolute Gasteiger partial charge is 0.573 e. The Bertz CT molecular complexity index is 797. The van der Waals surface area contributed by atoms with Gasteiger partial charge in [0.15, 0.2) is 5.69 Å². The molecule has 4 N–H and O–H groups in total. The molecule has 10 heteroatoms. The summed E-state index contributed by atoms with van der Waals surface area (Å²) < 4.78 is 45.4. The van der Waals surface area contributed by atoms with Crippen molar-refractivity contribution in [2.45, 2.75) is 6.36 Å². The number of pyridine rings is 1. The first-order chi connectivity index (χ1) is 11.1. The van der Waals surface area contributed by atoms with Crippen LogP contribution in [0.3, 0.4) is 0 Å². The molecule has 1 aromatic heterocycles. The highest BCUT2D eigenvalue weighted by atomic mass is 35.5. The van der Waals surface area contributed by atoms with Crippen LogP contribution in [-0.4, -0.2) is 24.4 Å². The minimum Gasteiger partial charge on any atom is -0.464 e. The van der Waals surface area contributed by atoms with E-state index in [2.05, 4.69) is 14.5 Å². The smallest absolute Gasteiger partial charge is 0.464 e. The Morgan fingerprint density at radius 3 is 2.46 bits per heavy atom. The lowest BCUT2D eigenvalue weighted by Crippen LogP contribution is -2.17. The maximum atomic E-state index is 12.3.